The summed E-state index contributed by atoms with van der Waals surface area (Å²) in [5.74, 6) is -0.640. The first-order valence-corrected chi connectivity index (χ1v) is 12.7. The largest absolute Gasteiger partial charge is 0.345 e. The molecular formula is C24H22FN5OS2. The van der Waals surface area contributed by atoms with Crippen molar-refractivity contribution in [2.45, 2.75) is 18.9 Å². The van der Waals surface area contributed by atoms with E-state index in [1.807, 2.05) is 30.3 Å². The van der Waals surface area contributed by atoms with Crippen molar-refractivity contribution in [1.82, 2.24) is 14.9 Å². The number of rotatable bonds is 4. The van der Waals surface area contributed by atoms with Gasteiger partial charge in [-0.25, -0.2) is 9.97 Å². The van der Waals surface area contributed by atoms with E-state index < -0.39 is 5.95 Å². The lowest BCUT2D eigenvalue weighted by Gasteiger charge is -2.37. The number of anilines is 2. The van der Waals surface area contributed by atoms with Crippen molar-refractivity contribution >= 4 is 48.9 Å². The molecule has 3 aromatic heterocycles. The molecule has 1 atom stereocenters. The average molecular weight is 480 g/mol. The predicted molar refractivity (Wildman–Crippen MR) is 132 cm³/mol. The zero-order valence-corrected chi connectivity index (χ0v) is 19.5. The molecule has 0 saturated carbocycles. The average Bonchev–Trinajstić information content (AvgIpc) is 3.54. The second kappa shape index (κ2) is 8.48. The van der Waals surface area contributed by atoms with Gasteiger partial charge in [0.2, 0.25) is 5.95 Å². The summed E-state index contributed by atoms with van der Waals surface area (Å²) in [7, 11) is 0. The fraction of sp³-hybridized carbons (Fsp3) is 0.292. The van der Waals surface area contributed by atoms with E-state index in [1.54, 1.807) is 17.4 Å². The quantitative estimate of drug-likeness (QED) is 0.413. The summed E-state index contributed by atoms with van der Waals surface area (Å²) >= 11 is 3.11. The topological polar surface area (TPSA) is 61.4 Å². The number of aromatic nitrogens is 2. The Kier molecular flexibility index (Phi) is 5.32. The van der Waals surface area contributed by atoms with Crippen LogP contribution in [0.3, 0.4) is 0 Å². The molecule has 4 aromatic rings. The summed E-state index contributed by atoms with van der Waals surface area (Å²) in [6.07, 6.45) is 4.08. The Labute approximate surface area is 198 Å². The van der Waals surface area contributed by atoms with Crippen LogP contribution < -0.4 is 10.2 Å². The summed E-state index contributed by atoms with van der Waals surface area (Å²) in [5.41, 5.74) is 2.44. The summed E-state index contributed by atoms with van der Waals surface area (Å²) in [6, 6.07) is 13.1. The van der Waals surface area contributed by atoms with Crippen LogP contribution in [0.1, 0.15) is 22.5 Å². The Morgan fingerprint density at radius 1 is 1.06 bits per heavy atom. The number of fused-ring (bicyclic) bond motifs is 2. The number of benzene rings is 1. The standard InChI is InChI=1S/C24H22FN5OS2/c25-21-8-5-16(13-26-21)15-3-6-17(7-4-15)27-22(31)19-12-20-23(32-19)28-24(33-20)30-11-10-29-9-1-2-18(29)14-30/h3-8,12-13,18H,1-2,9-11,14H2,(H,27,31). The van der Waals surface area contributed by atoms with Crippen LogP contribution in [0.5, 0.6) is 0 Å². The second-order valence-electron chi connectivity index (χ2n) is 8.46. The molecule has 2 saturated heterocycles. The number of thiophene rings is 1. The molecule has 1 amide bonds. The lowest BCUT2D eigenvalue weighted by atomic mass is 10.1. The van der Waals surface area contributed by atoms with Crippen LogP contribution in [-0.4, -0.2) is 53.0 Å². The van der Waals surface area contributed by atoms with Crippen molar-refractivity contribution in [1.29, 1.82) is 0 Å². The zero-order valence-electron chi connectivity index (χ0n) is 17.8. The van der Waals surface area contributed by atoms with Gasteiger partial charge in [-0.15, -0.1) is 11.3 Å². The number of nitrogens with zero attached hydrogens (tertiary/aromatic N) is 4. The number of amides is 1. The minimum Gasteiger partial charge on any atom is -0.345 e. The molecule has 0 spiro atoms. The Morgan fingerprint density at radius 2 is 1.91 bits per heavy atom. The zero-order chi connectivity index (χ0) is 22.4. The van der Waals surface area contributed by atoms with Crippen molar-refractivity contribution in [3.05, 3.63) is 59.5 Å². The number of nitrogens with one attached hydrogen (secondary N) is 1. The van der Waals surface area contributed by atoms with Crippen molar-refractivity contribution in [2.24, 2.45) is 0 Å². The molecular weight excluding hydrogens is 457 g/mol. The van der Waals surface area contributed by atoms with Crippen LogP contribution in [-0.2, 0) is 0 Å². The van der Waals surface area contributed by atoms with Crippen molar-refractivity contribution in [2.75, 3.05) is 36.4 Å². The lowest BCUT2D eigenvalue weighted by Crippen LogP contribution is -2.50. The van der Waals surface area contributed by atoms with E-state index >= 15 is 0 Å². The summed E-state index contributed by atoms with van der Waals surface area (Å²) in [4.78, 5) is 27.9. The lowest BCUT2D eigenvalue weighted by molar-refractivity contribution is 0.103. The normalized spacial score (nSPS) is 18.6. The van der Waals surface area contributed by atoms with Crippen LogP contribution in [0.4, 0.5) is 15.2 Å². The maximum Gasteiger partial charge on any atom is 0.265 e. The van der Waals surface area contributed by atoms with Gasteiger partial charge in [0.1, 0.15) is 4.83 Å². The van der Waals surface area contributed by atoms with Crippen LogP contribution in [0.2, 0.25) is 0 Å². The van der Waals surface area contributed by atoms with E-state index in [0.717, 1.165) is 45.4 Å². The molecule has 168 valence electrons. The van der Waals surface area contributed by atoms with E-state index in [2.05, 4.69) is 20.1 Å². The van der Waals surface area contributed by atoms with E-state index in [1.165, 1.54) is 43.0 Å². The molecule has 2 aliphatic heterocycles. The summed E-state index contributed by atoms with van der Waals surface area (Å²) in [5, 5.41) is 4.03. The third-order valence-corrected chi connectivity index (χ3v) is 8.58. The first kappa shape index (κ1) is 20.7. The monoisotopic (exact) mass is 479 g/mol. The van der Waals surface area contributed by atoms with Gasteiger partial charge < -0.3 is 10.2 Å². The first-order chi connectivity index (χ1) is 16.1. The highest BCUT2D eigenvalue weighted by atomic mass is 32.1. The van der Waals surface area contributed by atoms with Gasteiger partial charge in [-0.1, -0.05) is 23.5 Å². The fourth-order valence-corrected chi connectivity index (χ4v) is 6.76. The summed E-state index contributed by atoms with van der Waals surface area (Å²) in [6.45, 7) is 4.42. The van der Waals surface area contributed by atoms with Gasteiger partial charge in [-0.05, 0) is 55.3 Å². The van der Waals surface area contributed by atoms with Gasteiger partial charge >= 0.3 is 0 Å². The molecule has 0 bridgehead atoms. The molecule has 2 fully saturated rings. The maximum absolute atomic E-state index is 13.0. The smallest absolute Gasteiger partial charge is 0.265 e. The molecule has 0 aliphatic carbocycles. The molecule has 33 heavy (non-hydrogen) atoms. The van der Waals surface area contributed by atoms with Gasteiger partial charge in [0.25, 0.3) is 5.91 Å². The van der Waals surface area contributed by atoms with Gasteiger partial charge in [-0.3, -0.25) is 9.69 Å². The molecule has 9 heteroatoms. The van der Waals surface area contributed by atoms with E-state index in [4.69, 9.17) is 4.98 Å². The predicted octanol–water partition coefficient (Wildman–Crippen LogP) is 5.10. The molecule has 6 rings (SSSR count). The third kappa shape index (κ3) is 4.12. The van der Waals surface area contributed by atoms with Crippen LogP contribution in [0.15, 0.2) is 48.7 Å². The number of thiazole rings is 1. The van der Waals surface area contributed by atoms with Crippen molar-refractivity contribution < 1.29 is 9.18 Å². The summed E-state index contributed by atoms with van der Waals surface area (Å²) < 4.78 is 14.1. The van der Waals surface area contributed by atoms with E-state index in [-0.39, 0.29) is 5.91 Å². The number of piperazine rings is 1. The van der Waals surface area contributed by atoms with Crippen LogP contribution >= 0.6 is 22.7 Å². The molecule has 6 nitrogen and oxygen atoms in total. The second-order valence-corrected chi connectivity index (χ2v) is 10.5. The van der Waals surface area contributed by atoms with Crippen LogP contribution in [0, 0.1) is 5.95 Å². The first-order valence-electron chi connectivity index (χ1n) is 11.0. The number of halogens is 1. The molecule has 1 unspecified atom stereocenters. The molecule has 5 heterocycles. The van der Waals surface area contributed by atoms with Crippen LogP contribution in [0.25, 0.3) is 20.7 Å². The Morgan fingerprint density at radius 3 is 2.70 bits per heavy atom. The van der Waals surface area contributed by atoms with Gasteiger partial charge in [-0.2, -0.15) is 4.39 Å². The van der Waals surface area contributed by atoms with Gasteiger partial charge in [0.15, 0.2) is 5.13 Å². The third-order valence-electron chi connectivity index (χ3n) is 6.36. The molecule has 1 N–H and O–H groups in total. The minimum absolute atomic E-state index is 0.137. The van der Waals surface area contributed by atoms with Gasteiger partial charge in [0.05, 0.1) is 9.58 Å². The highest BCUT2D eigenvalue weighted by molar-refractivity contribution is 7.29. The molecule has 1 aromatic carbocycles. The number of hydrogen-bond donors (Lipinski definition) is 1. The van der Waals surface area contributed by atoms with Crippen molar-refractivity contribution in [3.8, 4) is 11.1 Å². The van der Waals surface area contributed by atoms with Gasteiger partial charge in [0, 0.05) is 43.1 Å². The fourth-order valence-electron chi connectivity index (χ4n) is 4.62. The van der Waals surface area contributed by atoms with Crippen molar-refractivity contribution in [3.63, 3.8) is 0 Å². The van der Waals surface area contributed by atoms with E-state index in [0.29, 0.717) is 16.6 Å². The SMILES string of the molecule is O=C(Nc1ccc(-c2ccc(F)nc2)cc1)c1cc2sc(N3CCN4CCCC4C3)nc2s1. The molecule has 0 radical (unpaired) electrons. The number of hydrogen-bond acceptors (Lipinski definition) is 7. The molecule has 2 aliphatic rings. The Hall–Kier alpha value is -2.88. The Balaban J connectivity index is 1.13. The highest BCUT2D eigenvalue weighted by Crippen LogP contribution is 2.36. The number of carbonyl (C=O) groups excluding carboxylic acids is 1. The Bertz CT molecular complexity index is 1270. The number of carbonyl (C=O) groups is 1. The highest BCUT2D eigenvalue weighted by Gasteiger charge is 2.31. The number of pyridine rings is 1. The van der Waals surface area contributed by atoms with E-state index in [9.17, 15) is 9.18 Å². The maximum atomic E-state index is 13.0. The minimum atomic E-state index is -0.503.